The minimum atomic E-state index is -0.362. The van der Waals surface area contributed by atoms with E-state index in [1.165, 1.54) is 6.07 Å². The fraction of sp³-hybridized carbons (Fsp3) is 0.0588. The lowest BCUT2D eigenvalue weighted by Gasteiger charge is -2.05. The molecule has 0 bridgehead atoms. The Balaban J connectivity index is 2.27. The van der Waals surface area contributed by atoms with Gasteiger partial charge in [0, 0.05) is 17.5 Å². The van der Waals surface area contributed by atoms with E-state index in [1.54, 1.807) is 12.1 Å². The number of aromatic amines is 1. The number of benzene rings is 2. The van der Waals surface area contributed by atoms with E-state index in [0.717, 1.165) is 21.7 Å². The van der Waals surface area contributed by atoms with Crippen LogP contribution in [0.3, 0.4) is 0 Å². The van der Waals surface area contributed by atoms with Crippen LogP contribution in [0.1, 0.15) is 5.56 Å². The molecule has 0 fully saturated rings. The van der Waals surface area contributed by atoms with Crippen LogP contribution in [-0.4, -0.2) is 4.98 Å². The first kappa shape index (κ1) is 11.9. The van der Waals surface area contributed by atoms with Gasteiger partial charge in [-0.25, -0.2) is 4.79 Å². The molecule has 2 aromatic heterocycles. The maximum absolute atomic E-state index is 12.1. The maximum Gasteiger partial charge on any atom is 0.344 e. The van der Waals surface area contributed by atoms with E-state index in [4.69, 9.17) is 4.42 Å². The zero-order chi connectivity index (χ0) is 14.6. The van der Waals surface area contributed by atoms with Crippen LogP contribution in [-0.2, 0) is 0 Å². The average Bonchev–Trinajstić information content (AvgIpc) is 2.46. The fourth-order valence-corrected chi connectivity index (χ4v) is 2.69. The van der Waals surface area contributed by atoms with E-state index in [9.17, 15) is 9.59 Å². The Bertz CT molecular complexity index is 1140. The summed E-state index contributed by atoms with van der Waals surface area (Å²) in [6.07, 6.45) is 0. The van der Waals surface area contributed by atoms with E-state index in [-0.39, 0.29) is 11.2 Å². The molecule has 2 heterocycles. The Morgan fingerprint density at radius 1 is 0.905 bits per heavy atom. The molecule has 0 saturated carbocycles. The van der Waals surface area contributed by atoms with Gasteiger partial charge in [0.15, 0.2) is 0 Å². The number of pyridine rings is 1. The van der Waals surface area contributed by atoms with Gasteiger partial charge in [-0.15, -0.1) is 0 Å². The number of hydrogen-bond acceptors (Lipinski definition) is 3. The number of H-pyrrole nitrogens is 1. The average molecular weight is 277 g/mol. The Morgan fingerprint density at radius 2 is 1.76 bits per heavy atom. The van der Waals surface area contributed by atoms with Gasteiger partial charge in [0.1, 0.15) is 5.58 Å². The largest absolute Gasteiger partial charge is 0.422 e. The van der Waals surface area contributed by atoms with Gasteiger partial charge < -0.3 is 9.40 Å². The van der Waals surface area contributed by atoms with Gasteiger partial charge in [0.2, 0.25) is 5.56 Å². The van der Waals surface area contributed by atoms with Crippen molar-refractivity contribution in [3.63, 3.8) is 0 Å². The van der Waals surface area contributed by atoms with Crippen molar-refractivity contribution in [2.75, 3.05) is 0 Å². The topological polar surface area (TPSA) is 63.1 Å². The lowest BCUT2D eigenvalue weighted by molar-refractivity contribution is 0.570. The fourth-order valence-electron chi connectivity index (χ4n) is 2.69. The summed E-state index contributed by atoms with van der Waals surface area (Å²) in [4.78, 5) is 26.2. The first-order chi connectivity index (χ1) is 10.1. The molecule has 2 aromatic carbocycles. The minimum Gasteiger partial charge on any atom is -0.422 e. The summed E-state index contributed by atoms with van der Waals surface area (Å²) in [5.74, 6) is 0. The third kappa shape index (κ3) is 1.76. The molecular formula is C17H11NO3. The predicted octanol–water partition coefficient (Wildman–Crippen LogP) is 3.10. The molecule has 4 nitrogen and oxygen atoms in total. The van der Waals surface area contributed by atoms with Crippen molar-refractivity contribution in [1.82, 2.24) is 4.98 Å². The summed E-state index contributed by atoms with van der Waals surface area (Å²) in [7, 11) is 0. The quantitative estimate of drug-likeness (QED) is 0.305. The second-order valence-electron chi connectivity index (χ2n) is 5.20. The van der Waals surface area contributed by atoms with Crippen molar-refractivity contribution in [2.45, 2.75) is 6.92 Å². The normalized spacial score (nSPS) is 11.5. The molecule has 102 valence electrons. The minimum absolute atomic E-state index is 0.180. The molecule has 21 heavy (non-hydrogen) atoms. The van der Waals surface area contributed by atoms with Crippen LogP contribution in [0.5, 0.6) is 0 Å². The zero-order valence-electron chi connectivity index (χ0n) is 11.3. The van der Waals surface area contributed by atoms with Crippen molar-refractivity contribution in [1.29, 1.82) is 0 Å². The summed E-state index contributed by atoms with van der Waals surface area (Å²) in [5, 5.41) is 3.20. The Kier molecular flexibility index (Phi) is 2.30. The molecule has 0 atom stereocenters. The molecule has 0 unspecified atom stereocenters. The van der Waals surface area contributed by atoms with Crippen LogP contribution in [0.25, 0.3) is 32.6 Å². The number of aromatic nitrogens is 1. The van der Waals surface area contributed by atoms with Gasteiger partial charge in [-0.05, 0) is 35.9 Å². The van der Waals surface area contributed by atoms with E-state index < -0.39 is 0 Å². The van der Waals surface area contributed by atoms with Crippen molar-refractivity contribution in [3.05, 3.63) is 68.8 Å². The monoisotopic (exact) mass is 277 g/mol. The molecule has 4 heteroatoms. The Labute approximate surface area is 118 Å². The summed E-state index contributed by atoms with van der Waals surface area (Å²) in [6, 6.07) is 12.6. The summed E-state index contributed by atoms with van der Waals surface area (Å²) in [5.41, 5.74) is 1.61. The molecule has 4 aromatic rings. The summed E-state index contributed by atoms with van der Waals surface area (Å²) < 4.78 is 5.40. The van der Waals surface area contributed by atoms with Crippen LogP contribution in [0.15, 0.2) is 56.5 Å². The second kappa shape index (κ2) is 4.06. The van der Waals surface area contributed by atoms with Crippen LogP contribution in [0.2, 0.25) is 0 Å². The molecule has 0 spiro atoms. The molecule has 0 aliphatic heterocycles. The molecule has 0 saturated heterocycles. The van der Waals surface area contributed by atoms with Crippen molar-refractivity contribution in [3.8, 4) is 0 Å². The van der Waals surface area contributed by atoms with Crippen LogP contribution >= 0.6 is 0 Å². The number of rotatable bonds is 0. The summed E-state index contributed by atoms with van der Waals surface area (Å²) >= 11 is 0. The highest BCUT2D eigenvalue weighted by Gasteiger charge is 2.09. The highest BCUT2D eigenvalue weighted by molar-refractivity contribution is 6.08. The molecule has 0 amide bonds. The highest BCUT2D eigenvalue weighted by Crippen LogP contribution is 2.26. The molecule has 0 aliphatic carbocycles. The van der Waals surface area contributed by atoms with E-state index >= 15 is 0 Å². The molecule has 0 aliphatic rings. The second-order valence-corrected chi connectivity index (χ2v) is 5.20. The van der Waals surface area contributed by atoms with Gasteiger partial charge in [0.25, 0.3) is 0 Å². The summed E-state index contributed by atoms with van der Waals surface area (Å²) in [6.45, 7) is 1.94. The number of nitrogens with one attached hydrogen (secondary N) is 1. The number of hydrogen-bond donors (Lipinski definition) is 1. The van der Waals surface area contributed by atoms with Crippen LogP contribution in [0.4, 0.5) is 0 Å². The SMILES string of the molecule is Cc1ccc2c(c1)c(=O)oc1cc3[nH]c(=O)ccc3cc12. The standard InChI is InChI=1S/C17H11NO3/c1-9-2-4-11-12-7-10-3-5-16(19)18-14(10)8-15(12)21-17(20)13(11)6-9/h2-8H,1H3,(H,18,19). The predicted molar refractivity (Wildman–Crippen MR) is 82.9 cm³/mol. The van der Waals surface area contributed by atoms with Crippen LogP contribution < -0.4 is 11.2 Å². The smallest absolute Gasteiger partial charge is 0.344 e. The van der Waals surface area contributed by atoms with Gasteiger partial charge in [0.05, 0.1) is 10.9 Å². The molecule has 0 radical (unpaired) electrons. The first-order valence-electron chi connectivity index (χ1n) is 6.62. The van der Waals surface area contributed by atoms with E-state index in [2.05, 4.69) is 4.98 Å². The molecule has 4 rings (SSSR count). The Hall–Kier alpha value is -2.88. The zero-order valence-corrected chi connectivity index (χ0v) is 11.3. The van der Waals surface area contributed by atoms with Gasteiger partial charge in [-0.1, -0.05) is 17.7 Å². The van der Waals surface area contributed by atoms with Gasteiger partial charge in [-0.2, -0.15) is 0 Å². The lowest BCUT2D eigenvalue weighted by Crippen LogP contribution is -2.03. The number of aryl methyl sites for hydroxylation is 1. The molecule has 1 N–H and O–H groups in total. The van der Waals surface area contributed by atoms with Crippen LogP contribution in [0, 0.1) is 6.92 Å². The van der Waals surface area contributed by atoms with Crippen molar-refractivity contribution >= 4 is 32.6 Å². The third-order valence-electron chi connectivity index (χ3n) is 3.71. The molecular weight excluding hydrogens is 266 g/mol. The lowest BCUT2D eigenvalue weighted by atomic mass is 10.0. The maximum atomic E-state index is 12.1. The third-order valence-corrected chi connectivity index (χ3v) is 3.71. The van der Waals surface area contributed by atoms with Crippen molar-refractivity contribution in [2.24, 2.45) is 0 Å². The highest BCUT2D eigenvalue weighted by atomic mass is 16.4. The first-order valence-corrected chi connectivity index (χ1v) is 6.62. The Morgan fingerprint density at radius 3 is 2.62 bits per heavy atom. The number of fused-ring (bicyclic) bond motifs is 4. The van der Waals surface area contributed by atoms with Crippen molar-refractivity contribution < 1.29 is 4.42 Å². The van der Waals surface area contributed by atoms with E-state index in [0.29, 0.717) is 16.5 Å². The van der Waals surface area contributed by atoms with Gasteiger partial charge in [-0.3, -0.25) is 4.79 Å². The van der Waals surface area contributed by atoms with Gasteiger partial charge >= 0.3 is 5.63 Å². The van der Waals surface area contributed by atoms with E-state index in [1.807, 2.05) is 31.2 Å².